The second-order valence-electron chi connectivity index (χ2n) is 11.2. The van der Waals surface area contributed by atoms with Crippen molar-refractivity contribution < 1.29 is 38.1 Å². The molecule has 9 nitrogen and oxygen atoms in total. The first kappa shape index (κ1) is 33.6. The molecule has 0 saturated carbocycles. The van der Waals surface area contributed by atoms with E-state index in [1.54, 1.807) is 7.11 Å². The van der Waals surface area contributed by atoms with Crippen LogP contribution < -0.4 is 0 Å². The lowest BCUT2D eigenvalue weighted by molar-refractivity contribution is -0.137. The van der Waals surface area contributed by atoms with Crippen molar-refractivity contribution in [2.24, 2.45) is 16.7 Å². The molecule has 37 heavy (non-hydrogen) atoms. The quantitative estimate of drug-likeness (QED) is 0.222. The van der Waals surface area contributed by atoms with Gasteiger partial charge in [0.1, 0.15) is 11.6 Å². The van der Waals surface area contributed by atoms with Gasteiger partial charge in [0.25, 0.3) is 0 Å². The van der Waals surface area contributed by atoms with Gasteiger partial charge in [0, 0.05) is 44.4 Å². The van der Waals surface area contributed by atoms with Crippen LogP contribution in [0.3, 0.4) is 0 Å². The minimum Gasteiger partial charge on any atom is -0.382 e. The maximum Gasteiger partial charge on any atom is 0.224 e. The Morgan fingerprint density at radius 1 is 0.757 bits per heavy atom. The number of piperidine rings is 1. The van der Waals surface area contributed by atoms with Crippen molar-refractivity contribution in [2.75, 3.05) is 79.7 Å². The zero-order valence-corrected chi connectivity index (χ0v) is 24.1. The van der Waals surface area contributed by atoms with Crippen molar-refractivity contribution in [1.82, 2.24) is 4.90 Å². The number of ether oxygens (including phenoxy) is 5. The number of methoxy groups -OCH3 is 1. The Hall–Kier alpha value is -1.39. The number of carbonyl (C=O) groups excluding carboxylic acids is 3. The van der Waals surface area contributed by atoms with Crippen molar-refractivity contribution >= 4 is 17.5 Å². The molecule has 1 rings (SSSR count). The highest BCUT2D eigenvalue weighted by Crippen LogP contribution is 2.41. The molecule has 1 amide bonds. The van der Waals surface area contributed by atoms with Gasteiger partial charge in [0.2, 0.25) is 5.91 Å². The van der Waals surface area contributed by atoms with Crippen LogP contribution in [0.4, 0.5) is 0 Å². The van der Waals surface area contributed by atoms with Gasteiger partial charge in [-0.25, -0.2) is 0 Å². The summed E-state index contributed by atoms with van der Waals surface area (Å²) in [6.45, 7) is 15.1. The standard InChI is InChI=1S/C28H51NO8/c1-23(2)24(30)21-28(22-25(31)27(3,4)5)8-10-29(11-9-28)26(32)7-12-34-15-16-36-19-20-37-18-17-35-14-13-33-6/h23H,7-22H2,1-6H3. The van der Waals surface area contributed by atoms with E-state index in [0.717, 1.165) is 0 Å². The van der Waals surface area contributed by atoms with Crippen LogP contribution in [0.15, 0.2) is 0 Å². The number of ketones is 2. The Morgan fingerprint density at radius 2 is 1.22 bits per heavy atom. The zero-order chi connectivity index (χ0) is 27.7. The molecule has 1 saturated heterocycles. The number of rotatable bonds is 20. The van der Waals surface area contributed by atoms with E-state index in [4.69, 9.17) is 23.7 Å². The average molecular weight is 530 g/mol. The summed E-state index contributed by atoms with van der Waals surface area (Å²) in [5, 5.41) is 0. The van der Waals surface area contributed by atoms with Crippen LogP contribution in [0.5, 0.6) is 0 Å². The highest BCUT2D eigenvalue weighted by molar-refractivity contribution is 5.86. The monoisotopic (exact) mass is 529 g/mol. The minimum atomic E-state index is -0.437. The van der Waals surface area contributed by atoms with Crippen molar-refractivity contribution in [3.63, 3.8) is 0 Å². The van der Waals surface area contributed by atoms with E-state index < -0.39 is 5.41 Å². The Bertz CT molecular complexity index is 666. The lowest BCUT2D eigenvalue weighted by atomic mass is 9.67. The van der Waals surface area contributed by atoms with E-state index in [-0.39, 0.29) is 28.8 Å². The van der Waals surface area contributed by atoms with Gasteiger partial charge in [-0.05, 0) is 18.3 Å². The van der Waals surface area contributed by atoms with E-state index in [0.29, 0.717) is 105 Å². The smallest absolute Gasteiger partial charge is 0.224 e. The summed E-state index contributed by atoms with van der Waals surface area (Å²) < 4.78 is 26.6. The largest absolute Gasteiger partial charge is 0.382 e. The van der Waals surface area contributed by atoms with Crippen LogP contribution in [-0.4, -0.2) is 102 Å². The topological polar surface area (TPSA) is 101 Å². The maximum atomic E-state index is 12.8. The Kier molecular flexibility index (Phi) is 16.4. The maximum absolute atomic E-state index is 12.8. The number of carbonyl (C=O) groups is 3. The highest BCUT2D eigenvalue weighted by atomic mass is 16.6. The van der Waals surface area contributed by atoms with E-state index >= 15 is 0 Å². The Balaban J connectivity index is 2.25. The molecule has 1 aliphatic heterocycles. The Labute approximate surface area is 223 Å². The van der Waals surface area contributed by atoms with Crippen molar-refractivity contribution in [3.8, 4) is 0 Å². The third-order valence-electron chi connectivity index (χ3n) is 6.75. The van der Waals surface area contributed by atoms with Gasteiger partial charge in [-0.1, -0.05) is 34.6 Å². The van der Waals surface area contributed by atoms with Crippen molar-refractivity contribution in [2.45, 2.75) is 66.7 Å². The molecule has 1 heterocycles. The summed E-state index contributed by atoms with van der Waals surface area (Å²) in [7, 11) is 1.64. The molecule has 0 atom stereocenters. The summed E-state index contributed by atoms with van der Waals surface area (Å²) in [4.78, 5) is 39.9. The summed E-state index contributed by atoms with van der Waals surface area (Å²) in [6, 6.07) is 0. The second-order valence-corrected chi connectivity index (χ2v) is 11.2. The normalized spacial score (nSPS) is 15.8. The molecule has 0 aliphatic carbocycles. The fourth-order valence-electron chi connectivity index (χ4n) is 4.05. The van der Waals surface area contributed by atoms with Crippen LogP contribution in [-0.2, 0) is 38.1 Å². The Morgan fingerprint density at radius 3 is 1.65 bits per heavy atom. The van der Waals surface area contributed by atoms with Gasteiger partial charge in [0.05, 0.1) is 65.9 Å². The zero-order valence-electron chi connectivity index (χ0n) is 24.1. The molecule has 0 radical (unpaired) electrons. The van der Waals surface area contributed by atoms with Gasteiger partial charge in [0.15, 0.2) is 0 Å². The van der Waals surface area contributed by atoms with E-state index in [1.807, 2.05) is 39.5 Å². The van der Waals surface area contributed by atoms with Crippen molar-refractivity contribution in [3.05, 3.63) is 0 Å². The predicted molar refractivity (Wildman–Crippen MR) is 142 cm³/mol. The molecule has 0 aromatic carbocycles. The SMILES string of the molecule is COCCOCCOCCOCCOCCC(=O)N1CCC(CC(=O)C(C)C)(CC(=O)C(C)(C)C)CC1. The molecular weight excluding hydrogens is 478 g/mol. The lowest BCUT2D eigenvalue weighted by Gasteiger charge is -2.42. The first-order valence-electron chi connectivity index (χ1n) is 13.6. The van der Waals surface area contributed by atoms with Crippen LogP contribution in [0.1, 0.15) is 66.7 Å². The minimum absolute atomic E-state index is 0.0490. The molecule has 1 aliphatic rings. The summed E-state index contributed by atoms with van der Waals surface area (Å²) in [5.74, 6) is 0.363. The average Bonchev–Trinajstić information content (AvgIpc) is 2.83. The molecule has 0 bridgehead atoms. The fourth-order valence-corrected chi connectivity index (χ4v) is 4.05. The van der Waals surface area contributed by atoms with Crippen molar-refractivity contribution in [1.29, 1.82) is 0 Å². The second kappa shape index (κ2) is 18.0. The van der Waals surface area contributed by atoms with Gasteiger partial charge in [-0.15, -0.1) is 0 Å². The molecule has 0 unspecified atom stereocenters. The molecule has 0 spiro atoms. The molecule has 1 fully saturated rings. The number of hydrogen-bond acceptors (Lipinski definition) is 8. The number of nitrogens with zero attached hydrogens (tertiary/aromatic N) is 1. The molecule has 216 valence electrons. The molecule has 9 heteroatoms. The molecule has 0 aromatic heterocycles. The summed E-state index contributed by atoms with van der Waals surface area (Å²) >= 11 is 0. The van der Waals surface area contributed by atoms with Crippen LogP contribution in [0.25, 0.3) is 0 Å². The van der Waals surface area contributed by atoms with E-state index in [9.17, 15) is 14.4 Å². The third kappa shape index (κ3) is 14.4. The molecular formula is C28H51NO8. The molecule has 0 N–H and O–H groups in total. The van der Waals surface area contributed by atoms with Crippen LogP contribution in [0, 0.1) is 16.7 Å². The van der Waals surface area contributed by atoms with Crippen LogP contribution in [0.2, 0.25) is 0 Å². The summed E-state index contributed by atoms with van der Waals surface area (Å²) in [5.41, 5.74) is -0.787. The first-order valence-corrected chi connectivity index (χ1v) is 13.6. The van der Waals surface area contributed by atoms with Gasteiger partial charge in [-0.2, -0.15) is 0 Å². The lowest BCUT2D eigenvalue weighted by Crippen LogP contribution is -2.46. The van der Waals surface area contributed by atoms with E-state index in [1.165, 1.54) is 0 Å². The van der Waals surface area contributed by atoms with Gasteiger partial charge >= 0.3 is 0 Å². The fraction of sp³-hybridized carbons (Fsp3) is 0.893. The van der Waals surface area contributed by atoms with E-state index in [2.05, 4.69) is 0 Å². The number of hydrogen-bond donors (Lipinski definition) is 0. The first-order chi connectivity index (χ1) is 17.5. The third-order valence-corrected chi connectivity index (χ3v) is 6.75. The highest BCUT2D eigenvalue weighted by Gasteiger charge is 2.41. The predicted octanol–water partition coefficient (Wildman–Crippen LogP) is 3.32. The number of Topliss-reactive ketones (excluding diaryl/α,β-unsaturated/α-hetero) is 2. The molecule has 0 aromatic rings. The number of likely N-dealkylation sites (tertiary alicyclic amines) is 1. The van der Waals surface area contributed by atoms with Gasteiger partial charge < -0.3 is 28.6 Å². The van der Waals surface area contributed by atoms with Gasteiger partial charge in [-0.3, -0.25) is 14.4 Å². The summed E-state index contributed by atoms with van der Waals surface area (Å²) in [6.07, 6.45) is 2.47. The van der Waals surface area contributed by atoms with Crippen LogP contribution >= 0.6 is 0 Å². The number of amides is 1.